The van der Waals surface area contributed by atoms with Crippen LogP contribution in [0, 0.1) is 11.8 Å². The third-order valence-corrected chi connectivity index (χ3v) is 17.3. The molecule has 2 aromatic heterocycles. The first-order valence-electron chi connectivity index (χ1n) is 29.2. The molecule has 10 aromatic carbocycles. The average molecular weight is 1070 g/mol. The first kappa shape index (κ1) is 52.4. The summed E-state index contributed by atoms with van der Waals surface area (Å²) in [5.74, 6) is 0.897. The molecule has 404 valence electrons. The van der Waals surface area contributed by atoms with Crippen LogP contribution >= 0.6 is 0 Å². The van der Waals surface area contributed by atoms with E-state index >= 15 is 0 Å². The van der Waals surface area contributed by atoms with Crippen molar-refractivity contribution in [1.29, 1.82) is 0 Å². The maximum Gasteiger partial charge on any atom is 0.121 e. The molecule has 6 heteroatoms. The van der Waals surface area contributed by atoms with Crippen LogP contribution in [-0.2, 0) is 59.4 Å². The molecule has 6 nitrogen and oxygen atoms in total. The molecule has 12 aromatic rings. The van der Waals surface area contributed by atoms with E-state index in [0.29, 0.717) is 25.0 Å². The van der Waals surface area contributed by atoms with Gasteiger partial charge in [0.25, 0.3) is 0 Å². The third kappa shape index (κ3) is 10.2. The van der Waals surface area contributed by atoms with E-state index in [0.717, 1.165) is 51.7 Å². The summed E-state index contributed by atoms with van der Waals surface area (Å²) in [5.41, 5.74) is 13.9. The highest BCUT2D eigenvalue weighted by atomic mass is 16.5. The molecule has 0 spiro atoms. The van der Waals surface area contributed by atoms with Gasteiger partial charge in [-0.2, -0.15) is 0 Å². The fourth-order valence-electron chi connectivity index (χ4n) is 13.4. The minimum Gasteiger partial charge on any atom is -0.376 e. The lowest BCUT2D eigenvalue weighted by Crippen LogP contribution is -2.39. The van der Waals surface area contributed by atoms with Gasteiger partial charge in [0.2, 0.25) is 0 Å². The Morgan fingerprint density at radius 1 is 0.341 bits per heavy atom. The summed E-state index contributed by atoms with van der Waals surface area (Å²) in [5, 5.41) is 5.08. The van der Waals surface area contributed by atoms with E-state index in [1.54, 1.807) is 0 Å². The number of fused-ring (bicyclic) bond motifs is 4. The van der Waals surface area contributed by atoms with Gasteiger partial charge in [-0.25, -0.2) is 9.97 Å². The van der Waals surface area contributed by atoms with Crippen LogP contribution in [0.3, 0.4) is 0 Å². The van der Waals surface area contributed by atoms with Crippen LogP contribution in [0.4, 0.5) is 0 Å². The highest BCUT2D eigenvalue weighted by Gasteiger charge is 2.43. The molecule has 2 atom stereocenters. The number of aryl methyl sites for hydroxylation is 1. The standard InChI is InChI=1S/2C38H34N2O/c1-4-16-32(17-5-1)38(33-18-6-2-7-19-33,34-20-8-3-9-21-34)40-28-39-36-25-29(23-24-37(36)40)26-41-27-31-15-12-14-30-13-10-11-22-35(30)31;1-4-16-32(17-5-1)38(33-18-6-2-7-19-33,34-20-8-3-9-21-34)40-28-39-36-24-23-29(25-37(36)40)26-41-27-31-15-12-14-30-13-10-11-22-35(30)31/h2*1-22,28-29H,23-27H2. The number of benzene rings is 10. The molecule has 0 bridgehead atoms. The number of aromatic nitrogens is 4. The lowest BCUT2D eigenvalue weighted by atomic mass is 9.76. The molecular weight excluding hydrogens is 1000 g/mol. The molecule has 82 heavy (non-hydrogen) atoms. The van der Waals surface area contributed by atoms with Crippen molar-refractivity contribution < 1.29 is 9.47 Å². The zero-order chi connectivity index (χ0) is 55.0. The van der Waals surface area contributed by atoms with E-state index in [1.807, 2.05) is 0 Å². The number of hydrogen-bond donors (Lipinski definition) is 0. The predicted molar refractivity (Wildman–Crippen MR) is 332 cm³/mol. The monoisotopic (exact) mass is 1070 g/mol. The molecule has 0 amide bonds. The zero-order valence-electron chi connectivity index (χ0n) is 46.4. The first-order chi connectivity index (χ1) is 40.7. The van der Waals surface area contributed by atoms with Crippen molar-refractivity contribution in [3.8, 4) is 0 Å². The molecule has 0 radical (unpaired) electrons. The Balaban J connectivity index is 0.000000154. The molecule has 2 aliphatic carbocycles. The Labute approximate surface area is 482 Å². The van der Waals surface area contributed by atoms with Crippen molar-refractivity contribution in [3.63, 3.8) is 0 Å². The van der Waals surface area contributed by atoms with Crippen LogP contribution in [0.2, 0.25) is 0 Å². The van der Waals surface area contributed by atoms with Crippen LogP contribution < -0.4 is 0 Å². The highest BCUT2D eigenvalue weighted by Crippen LogP contribution is 2.45. The topological polar surface area (TPSA) is 54.1 Å². The van der Waals surface area contributed by atoms with E-state index in [1.165, 1.54) is 88.8 Å². The SMILES string of the molecule is c1ccc(C(c2ccccc2)(c2ccccc2)n2cnc3c2CC(COCc2cccc4ccccc24)CC3)cc1.c1ccc(C(c2ccccc2)(c2ccccc2)n2cnc3c2CCC(COCc2cccc4ccccc24)C3)cc1. The second-order valence-corrected chi connectivity index (χ2v) is 22.2. The number of hydrogen-bond acceptors (Lipinski definition) is 4. The maximum absolute atomic E-state index is 6.41. The van der Waals surface area contributed by atoms with Crippen LogP contribution in [-0.4, -0.2) is 32.3 Å². The number of ether oxygens (including phenoxy) is 2. The fourth-order valence-corrected chi connectivity index (χ4v) is 13.4. The lowest BCUT2D eigenvalue weighted by molar-refractivity contribution is 0.0819. The molecule has 2 unspecified atom stereocenters. The van der Waals surface area contributed by atoms with E-state index in [2.05, 4.69) is 289 Å². The Morgan fingerprint density at radius 2 is 0.683 bits per heavy atom. The second-order valence-electron chi connectivity index (χ2n) is 22.2. The zero-order valence-corrected chi connectivity index (χ0v) is 46.4. The quantitative estimate of drug-likeness (QED) is 0.0905. The van der Waals surface area contributed by atoms with Gasteiger partial charge < -0.3 is 18.6 Å². The van der Waals surface area contributed by atoms with Gasteiger partial charge in [-0.3, -0.25) is 0 Å². The van der Waals surface area contributed by atoms with Gasteiger partial charge in [0.15, 0.2) is 0 Å². The van der Waals surface area contributed by atoms with Crippen molar-refractivity contribution in [2.45, 2.75) is 62.8 Å². The molecule has 0 saturated heterocycles. The molecule has 0 N–H and O–H groups in total. The third-order valence-electron chi connectivity index (χ3n) is 17.3. The van der Waals surface area contributed by atoms with Crippen molar-refractivity contribution in [2.75, 3.05) is 13.2 Å². The average Bonchev–Trinajstić information content (AvgIpc) is 4.19. The molecule has 0 fully saturated rings. The van der Waals surface area contributed by atoms with Gasteiger partial charge in [-0.1, -0.05) is 267 Å². The van der Waals surface area contributed by atoms with Gasteiger partial charge >= 0.3 is 0 Å². The summed E-state index contributed by atoms with van der Waals surface area (Å²) in [4.78, 5) is 10.1. The minimum absolute atomic E-state index is 0.438. The molecule has 0 saturated carbocycles. The Bertz CT molecular complexity index is 3810. The first-order valence-corrected chi connectivity index (χ1v) is 29.2. The Morgan fingerprint density at radius 3 is 1.11 bits per heavy atom. The van der Waals surface area contributed by atoms with Crippen molar-refractivity contribution in [3.05, 3.63) is 347 Å². The van der Waals surface area contributed by atoms with Gasteiger partial charge in [-0.15, -0.1) is 0 Å². The minimum atomic E-state index is -0.532. The van der Waals surface area contributed by atoms with Gasteiger partial charge in [0.1, 0.15) is 11.1 Å². The van der Waals surface area contributed by atoms with Crippen LogP contribution in [0.1, 0.15) is 80.1 Å². The smallest absolute Gasteiger partial charge is 0.121 e. The lowest BCUT2D eigenvalue weighted by Gasteiger charge is -2.39. The van der Waals surface area contributed by atoms with Crippen LogP contribution in [0.5, 0.6) is 0 Å². The fraction of sp³-hybridized carbons (Fsp3) is 0.184. The molecule has 2 aliphatic rings. The summed E-state index contributed by atoms with van der Waals surface area (Å²) >= 11 is 0. The van der Waals surface area contributed by atoms with E-state index in [-0.39, 0.29) is 0 Å². The largest absolute Gasteiger partial charge is 0.376 e. The normalized spacial score (nSPS) is 15.1. The van der Waals surface area contributed by atoms with Crippen LogP contribution in [0.25, 0.3) is 21.5 Å². The van der Waals surface area contributed by atoms with Crippen molar-refractivity contribution in [1.82, 2.24) is 19.1 Å². The van der Waals surface area contributed by atoms with Crippen molar-refractivity contribution >= 4 is 21.5 Å². The second kappa shape index (κ2) is 24.0. The maximum atomic E-state index is 6.41. The van der Waals surface area contributed by atoms with E-state index in [9.17, 15) is 0 Å². The van der Waals surface area contributed by atoms with E-state index < -0.39 is 11.1 Å². The number of nitrogens with zero attached hydrogens (tertiary/aromatic N) is 4. The number of imidazole rings is 2. The van der Waals surface area contributed by atoms with Crippen molar-refractivity contribution in [2.24, 2.45) is 11.8 Å². The summed E-state index contributed by atoms with van der Waals surface area (Å²) in [6.07, 6.45) is 10.2. The summed E-state index contributed by atoms with van der Waals surface area (Å²) in [7, 11) is 0. The van der Waals surface area contributed by atoms with Gasteiger partial charge in [0.05, 0.1) is 50.5 Å². The molecule has 0 aliphatic heterocycles. The Hall–Kier alpha value is -8.94. The number of rotatable bonds is 16. The van der Waals surface area contributed by atoms with Gasteiger partial charge in [0, 0.05) is 11.4 Å². The molecular formula is C76H68N4O2. The Kier molecular flexibility index (Phi) is 15.4. The molecule has 14 rings (SSSR count). The van der Waals surface area contributed by atoms with Crippen LogP contribution in [0.15, 0.2) is 280 Å². The summed E-state index contributed by atoms with van der Waals surface area (Å²) < 4.78 is 17.6. The molecule has 2 heterocycles. The highest BCUT2D eigenvalue weighted by molar-refractivity contribution is 5.86. The van der Waals surface area contributed by atoms with E-state index in [4.69, 9.17) is 19.4 Å². The van der Waals surface area contributed by atoms with Gasteiger partial charge in [-0.05, 0) is 116 Å². The summed E-state index contributed by atoms with van der Waals surface area (Å²) in [6.45, 7) is 2.75. The summed E-state index contributed by atoms with van der Waals surface area (Å²) in [6, 6.07) is 95.3. The predicted octanol–water partition coefficient (Wildman–Crippen LogP) is 16.4.